The highest BCUT2D eigenvalue weighted by Crippen LogP contribution is 2.20. The van der Waals surface area contributed by atoms with Gasteiger partial charge >= 0.3 is 0 Å². The standard InChI is InChI=1S/C13H15FN4/c1-9(10-6-4-3-5-7-10)17-12-11(14)8-16-13(15-2)18-12/h3-9H,1-2H3,(H2,15,16,17,18). The highest BCUT2D eigenvalue weighted by Gasteiger charge is 2.10. The van der Waals surface area contributed by atoms with Crippen LogP contribution in [-0.2, 0) is 0 Å². The minimum atomic E-state index is -0.461. The Balaban J connectivity index is 2.18. The zero-order chi connectivity index (χ0) is 13.0. The molecule has 1 heterocycles. The van der Waals surface area contributed by atoms with E-state index < -0.39 is 5.82 Å². The fourth-order valence-corrected chi connectivity index (χ4v) is 1.62. The van der Waals surface area contributed by atoms with E-state index in [1.807, 2.05) is 37.3 Å². The van der Waals surface area contributed by atoms with Crippen LogP contribution in [0.1, 0.15) is 18.5 Å². The SMILES string of the molecule is CNc1ncc(F)c(NC(C)c2ccccc2)n1. The molecular weight excluding hydrogens is 231 g/mol. The molecule has 2 rings (SSSR count). The van der Waals surface area contributed by atoms with Gasteiger partial charge in [-0.25, -0.2) is 9.37 Å². The van der Waals surface area contributed by atoms with Gasteiger partial charge in [0.2, 0.25) is 5.95 Å². The van der Waals surface area contributed by atoms with Gasteiger partial charge in [-0.3, -0.25) is 0 Å². The van der Waals surface area contributed by atoms with E-state index in [9.17, 15) is 4.39 Å². The van der Waals surface area contributed by atoms with Crippen molar-refractivity contribution in [2.24, 2.45) is 0 Å². The van der Waals surface area contributed by atoms with Crippen LogP contribution >= 0.6 is 0 Å². The van der Waals surface area contributed by atoms with Gasteiger partial charge in [0.25, 0.3) is 0 Å². The van der Waals surface area contributed by atoms with Crippen molar-refractivity contribution in [2.45, 2.75) is 13.0 Å². The number of hydrogen-bond acceptors (Lipinski definition) is 4. The van der Waals surface area contributed by atoms with E-state index in [1.165, 1.54) is 0 Å². The lowest BCUT2D eigenvalue weighted by Gasteiger charge is -2.15. The molecule has 0 aliphatic heterocycles. The van der Waals surface area contributed by atoms with Crippen LogP contribution in [-0.4, -0.2) is 17.0 Å². The van der Waals surface area contributed by atoms with E-state index in [2.05, 4.69) is 20.6 Å². The minimum absolute atomic E-state index is 0.0275. The highest BCUT2D eigenvalue weighted by atomic mass is 19.1. The van der Waals surface area contributed by atoms with E-state index in [4.69, 9.17) is 0 Å². The Bertz CT molecular complexity index is 516. The normalized spacial score (nSPS) is 11.9. The van der Waals surface area contributed by atoms with Crippen LogP contribution in [0.4, 0.5) is 16.2 Å². The molecule has 0 spiro atoms. The second-order valence-corrected chi connectivity index (χ2v) is 3.92. The quantitative estimate of drug-likeness (QED) is 0.871. The number of halogens is 1. The third-order valence-corrected chi connectivity index (χ3v) is 2.62. The first-order valence-electron chi connectivity index (χ1n) is 5.72. The summed E-state index contributed by atoms with van der Waals surface area (Å²) in [5, 5.41) is 5.81. The molecule has 94 valence electrons. The first kappa shape index (κ1) is 12.3. The zero-order valence-corrected chi connectivity index (χ0v) is 10.3. The molecule has 0 saturated carbocycles. The van der Waals surface area contributed by atoms with Crippen molar-refractivity contribution in [1.82, 2.24) is 9.97 Å². The molecule has 0 amide bonds. The Morgan fingerprint density at radius 1 is 1.22 bits per heavy atom. The summed E-state index contributed by atoms with van der Waals surface area (Å²) < 4.78 is 13.6. The average Bonchev–Trinajstić information content (AvgIpc) is 2.42. The van der Waals surface area contributed by atoms with Crippen LogP contribution in [0.25, 0.3) is 0 Å². The zero-order valence-electron chi connectivity index (χ0n) is 10.3. The number of aromatic nitrogens is 2. The van der Waals surface area contributed by atoms with Crippen molar-refractivity contribution in [1.29, 1.82) is 0 Å². The van der Waals surface area contributed by atoms with Crippen molar-refractivity contribution < 1.29 is 4.39 Å². The lowest BCUT2D eigenvalue weighted by molar-refractivity contribution is 0.614. The summed E-state index contributed by atoms with van der Waals surface area (Å²) in [6.07, 6.45) is 1.15. The van der Waals surface area contributed by atoms with Crippen LogP contribution in [0.15, 0.2) is 36.5 Å². The molecule has 0 saturated heterocycles. The van der Waals surface area contributed by atoms with Crippen LogP contribution in [0, 0.1) is 5.82 Å². The van der Waals surface area contributed by atoms with Crippen LogP contribution in [0.2, 0.25) is 0 Å². The Morgan fingerprint density at radius 3 is 2.61 bits per heavy atom. The first-order valence-corrected chi connectivity index (χ1v) is 5.72. The molecule has 5 heteroatoms. The Labute approximate surface area is 105 Å². The maximum atomic E-state index is 13.6. The summed E-state index contributed by atoms with van der Waals surface area (Å²) in [6, 6.07) is 9.78. The molecule has 0 radical (unpaired) electrons. The van der Waals surface area contributed by atoms with Crippen molar-refractivity contribution in [2.75, 3.05) is 17.7 Å². The molecule has 0 bridgehead atoms. The number of nitrogens with one attached hydrogen (secondary N) is 2. The molecular formula is C13H15FN4. The Hall–Kier alpha value is -2.17. The summed E-state index contributed by atoms with van der Waals surface area (Å²) in [5.41, 5.74) is 1.07. The Morgan fingerprint density at radius 2 is 1.94 bits per heavy atom. The number of hydrogen-bond donors (Lipinski definition) is 2. The second kappa shape index (κ2) is 5.44. The lowest BCUT2D eigenvalue weighted by Crippen LogP contribution is -2.11. The van der Waals surface area contributed by atoms with Crippen LogP contribution < -0.4 is 10.6 Å². The number of rotatable bonds is 4. The van der Waals surface area contributed by atoms with Gasteiger partial charge in [0.1, 0.15) is 0 Å². The van der Waals surface area contributed by atoms with E-state index in [0.717, 1.165) is 11.8 Å². The maximum Gasteiger partial charge on any atom is 0.224 e. The molecule has 0 aliphatic rings. The third kappa shape index (κ3) is 2.74. The molecule has 18 heavy (non-hydrogen) atoms. The van der Waals surface area contributed by atoms with Crippen molar-refractivity contribution >= 4 is 11.8 Å². The van der Waals surface area contributed by atoms with Crippen molar-refractivity contribution in [3.8, 4) is 0 Å². The van der Waals surface area contributed by atoms with E-state index in [1.54, 1.807) is 7.05 Å². The highest BCUT2D eigenvalue weighted by molar-refractivity contribution is 5.43. The van der Waals surface area contributed by atoms with Gasteiger partial charge in [0.15, 0.2) is 11.6 Å². The van der Waals surface area contributed by atoms with Gasteiger partial charge in [0, 0.05) is 7.05 Å². The molecule has 1 unspecified atom stereocenters. The van der Waals surface area contributed by atoms with Crippen LogP contribution in [0.3, 0.4) is 0 Å². The van der Waals surface area contributed by atoms with E-state index in [-0.39, 0.29) is 11.9 Å². The van der Waals surface area contributed by atoms with Gasteiger partial charge in [-0.2, -0.15) is 4.98 Å². The molecule has 1 aromatic carbocycles. The van der Waals surface area contributed by atoms with Gasteiger partial charge < -0.3 is 10.6 Å². The molecule has 2 N–H and O–H groups in total. The summed E-state index contributed by atoms with van der Waals surface area (Å²) >= 11 is 0. The van der Waals surface area contributed by atoms with Gasteiger partial charge in [-0.05, 0) is 12.5 Å². The maximum absolute atomic E-state index is 13.6. The largest absolute Gasteiger partial charge is 0.361 e. The van der Waals surface area contributed by atoms with Crippen LogP contribution in [0.5, 0.6) is 0 Å². The predicted molar refractivity (Wildman–Crippen MR) is 70.0 cm³/mol. The number of anilines is 2. The molecule has 1 atom stereocenters. The smallest absolute Gasteiger partial charge is 0.224 e. The second-order valence-electron chi connectivity index (χ2n) is 3.92. The molecule has 0 fully saturated rings. The predicted octanol–water partition coefficient (Wildman–Crippen LogP) is 2.83. The molecule has 4 nitrogen and oxygen atoms in total. The van der Waals surface area contributed by atoms with Gasteiger partial charge in [0.05, 0.1) is 12.2 Å². The fourth-order valence-electron chi connectivity index (χ4n) is 1.62. The summed E-state index contributed by atoms with van der Waals surface area (Å²) in [7, 11) is 1.69. The summed E-state index contributed by atoms with van der Waals surface area (Å²) in [5.74, 6) is 0.127. The molecule has 0 aliphatic carbocycles. The number of benzene rings is 1. The molecule has 1 aromatic heterocycles. The van der Waals surface area contributed by atoms with E-state index >= 15 is 0 Å². The third-order valence-electron chi connectivity index (χ3n) is 2.62. The average molecular weight is 246 g/mol. The minimum Gasteiger partial charge on any atom is -0.361 e. The summed E-state index contributed by atoms with van der Waals surface area (Å²) in [4.78, 5) is 7.85. The lowest BCUT2D eigenvalue weighted by atomic mass is 10.1. The monoisotopic (exact) mass is 246 g/mol. The Kier molecular flexibility index (Phi) is 3.72. The first-order chi connectivity index (χ1) is 8.70. The fraction of sp³-hybridized carbons (Fsp3) is 0.231. The summed E-state index contributed by atoms with van der Waals surface area (Å²) in [6.45, 7) is 1.95. The molecule has 2 aromatic rings. The van der Waals surface area contributed by atoms with E-state index in [0.29, 0.717) is 5.95 Å². The topological polar surface area (TPSA) is 49.8 Å². The van der Waals surface area contributed by atoms with Crippen molar-refractivity contribution in [3.05, 3.63) is 47.9 Å². The van der Waals surface area contributed by atoms with Gasteiger partial charge in [-0.1, -0.05) is 30.3 Å². The number of nitrogens with zero attached hydrogens (tertiary/aromatic N) is 2. The van der Waals surface area contributed by atoms with Crippen molar-refractivity contribution in [3.63, 3.8) is 0 Å². The van der Waals surface area contributed by atoms with Gasteiger partial charge in [-0.15, -0.1) is 0 Å².